The molecule has 0 aromatic carbocycles. The van der Waals surface area contributed by atoms with Crippen LogP contribution in [0.2, 0.25) is 0 Å². The van der Waals surface area contributed by atoms with Gasteiger partial charge in [-0.3, -0.25) is 14.4 Å². The van der Waals surface area contributed by atoms with Gasteiger partial charge in [0, 0.05) is 63.5 Å². The SMILES string of the molecule is CCCCN1CCN(C(=O)c2nn(CC3CC3)c3c2CNCC3)CC1.Cl. The van der Waals surface area contributed by atoms with E-state index in [9.17, 15) is 4.79 Å². The molecule has 3 heterocycles. The number of unbranched alkanes of at least 4 members (excludes halogenated alkanes) is 1. The quantitative estimate of drug-likeness (QED) is 0.817. The predicted molar refractivity (Wildman–Crippen MR) is 105 cm³/mol. The smallest absolute Gasteiger partial charge is 0.274 e. The fraction of sp³-hybridized carbons (Fsp3) is 0.789. The summed E-state index contributed by atoms with van der Waals surface area (Å²) in [5, 5.41) is 8.21. The molecule has 4 rings (SSSR count). The van der Waals surface area contributed by atoms with Gasteiger partial charge < -0.3 is 10.2 Å². The number of carbonyl (C=O) groups is 1. The highest BCUT2D eigenvalue weighted by Gasteiger charge is 2.31. The van der Waals surface area contributed by atoms with Crippen LogP contribution in [0.15, 0.2) is 0 Å². The van der Waals surface area contributed by atoms with Crippen LogP contribution in [-0.2, 0) is 19.5 Å². The number of hydrogen-bond donors (Lipinski definition) is 1. The van der Waals surface area contributed by atoms with E-state index in [2.05, 4.69) is 21.8 Å². The molecule has 1 aromatic rings. The number of nitrogens with zero attached hydrogens (tertiary/aromatic N) is 4. The molecule has 7 heteroatoms. The maximum Gasteiger partial charge on any atom is 0.274 e. The highest BCUT2D eigenvalue weighted by molar-refractivity contribution is 5.94. The lowest BCUT2D eigenvalue weighted by molar-refractivity contribution is 0.0627. The van der Waals surface area contributed by atoms with E-state index in [0.29, 0.717) is 5.69 Å². The Kier molecular flexibility index (Phi) is 6.59. The van der Waals surface area contributed by atoms with Gasteiger partial charge in [0.1, 0.15) is 0 Å². The Bertz CT molecular complexity index is 620. The zero-order valence-corrected chi connectivity index (χ0v) is 16.7. The van der Waals surface area contributed by atoms with Gasteiger partial charge in [-0.05, 0) is 31.7 Å². The Morgan fingerprint density at radius 2 is 2.00 bits per heavy atom. The maximum absolute atomic E-state index is 13.1. The summed E-state index contributed by atoms with van der Waals surface area (Å²) in [4.78, 5) is 17.6. The van der Waals surface area contributed by atoms with Crippen LogP contribution in [0.1, 0.15) is 54.4 Å². The van der Waals surface area contributed by atoms with Crippen molar-refractivity contribution in [2.24, 2.45) is 5.92 Å². The number of amides is 1. The molecular formula is C19H32ClN5O. The first kappa shape index (κ1) is 19.6. The van der Waals surface area contributed by atoms with Gasteiger partial charge in [-0.1, -0.05) is 13.3 Å². The van der Waals surface area contributed by atoms with E-state index in [0.717, 1.165) is 70.3 Å². The summed E-state index contributed by atoms with van der Waals surface area (Å²) in [6.45, 7) is 9.83. The van der Waals surface area contributed by atoms with Gasteiger partial charge in [0.25, 0.3) is 5.91 Å². The molecule has 26 heavy (non-hydrogen) atoms. The minimum absolute atomic E-state index is 0. The first-order chi connectivity index (χ1) is 12.3. The summed E-state index contributed by atoms with van der Waals surface area (Å²) in [6.07, 6.45) is 6.11. The average Bonchev–Trinajstić information content (AvgIpc) is 3.40. The lowest BCUT2D eigenvalue weighted by Crippen LogP contribution is -2.49. The highest BCUT2D eigenvalue weighted by atomic mass is 35.5. The minimum Gasteiger partial charge on any atom is -0.335 e. The molecule has 1 aliphatic carbocycles. The molecule has 1 N–H and O–H groups in total. The number of nitrogens with one attached hydrogen (secondary N) is 1. The molecule has 1 saturated carbocycles. The van der Waals surface area contributed by atoms with Gasteiger partial charge in [-0.15, -0.1) is 12.4 Å². The molecule has 0 bridgehead atoms. The zero-order chi connectivity index (χ0) is 17.2. The molecule has 1 saturated heterocycles. The number of piperazine rings is 1. The van der Waals surface area contributed by atoms with Gasteiger partial charge in [0.15, 0.2) is 5.69 Å². The Morgan fingerprint density at radius 1 is 1.23 bits per heavy atom. The van der Waals surface area contributed by atoms with Crippen molar-refractivity contribution in [2.45, 2.75) is 52.1 Å². The number of carbonyl (C=O) groups excluding carboxylic acids is 1. The van der Waals surface area contributed by atoms with Crippen molar-refractivity contribution in [2.75, 3.05) is 39.3 Å². The maximum atomic E-state index is 13.1. The standard InChI is InChI=1S/C19H31N5O.ClH/c1-2-3-8-22-9-11-23(12-10-22)19(25)18-16-13-20-7-6-17(16)24(21-18)14-15-4-5-15;/h15,20H,2-14H2,1H3;1H. The summed E-state index contributed by atoms with van der Waals surface area (Å²) >= 11 is 0. The van der Waals surface area contributed by atoms with Crippen molar-refractivity contribution in [1.29, 1.82) is 0 Å². The van der Waals surface area contributed by atoms with Crippen LogP contribution in [0.5, 0.6) is 0 Å². The van der Waals surface area contributed by atoms with Gasteiger partial charge in [-0.25, -0.2) is 0 Å². The first-order valence-electron chi connectivity index (χ1n) is 10.1. The fourth-order valence-corrected chi connectivity index (χ4v) is 3.99. The second-order valence-corrected chi connectivity index (χ2v) is 7.81. The van der Waals surface area contributed by atoms with Crippen LogP contribution < -0.4 is 5.32 Å². The monoisotopic (exact) mass is 381 g/mol. The van der Waals surface area contributed by atoms with E-state index in [-0.39, 0.29) is 18.3 Å². The molecule has 0 atom stereocenters. The molecule has 0 spiro atoms. The lowest BCUT2D eigenvalue weighted by atomic mass is 10.1. The van der Waals surface area contributed by atoms with Crippen molar-refractivity contribution >= 4 is 18.3 Å². The molecule has 146 valence electrons. The Balaban J connectivity index is 0.00000196. The van der Waals surface area contributed by atoms with Crippen LogP contribution >= 0.6 is 12.4 Å². The largest absolute Gasteiger partial charge is 0.335 e. The summed E-state index contributed by atoms with van der Waals surface area (Å²) in [5.41, 5.74) is 3.17. The zero-order valence-electron chi connectivity index (χ0n) is 15.9. The van der Waals surface area contributed by atoms with Gasteiger partial charge >= 0.3 is 0 Å². The molecule has 1 aromatic heterocycles. The third-order valence-electron chi connectivity index (χ3n) is 5.82. The van der Waals surface area contributed by atoms with Crippen LogP contribution in [0.3, 0.4) is 0 Å². The van der Waals surface area contributed by atoms with E-state index in [1.165, 1.54) is 31.4 Å². The van der Waals surface area contributed by atoms with E-state index >= 15 is 0 Å². The highest BCUT2D eigenvalue weighted by Crippen LogP contribution is 2.32. The normalized spacial score (nSPS) is 20.6. The third kappa shape index (κ3) is 4.24. The molecule has 3 aliphatic rings. The summed E-state index contributed by atoms with van der Waals surface area (Å²) in [5.74, 6) is 0.925. The van der Waals surface area contributed by atoms with Crippen molar-refractivity contribution in [3.63, 3.8) is 0 Å². The molecule has 1 amide bonds. The Labute approximate surface area is 162 Å². The Hall–Kier alpha value is -1.11. The van der Waals surface area contributed by atoms with Crippen LogP contribution in [0, 0.1) is 5.92 Å². The van der Waals surface area contributed by atoms with Crippen LogP contribution in [-0.4, -0.2) is 64.8 Å². The van der Waals surface area contributed by atoms with Crippen molar-refractivity contribution in [1.82, 2.24) is 24.9 Å². The van der Waals surface area contributed by atoms with Crippen molar-refractivity contribution < 1.29 is 4.79 Å². The molecule has 0 radical (unpaired) electrons. The molecular weight excluding hydrogens is 350 g/mol. The summed E-state index contributed by atoms with van der Waals surface area (Å²) in [7, 11) is 0. The van der Waals surface area contributed by atoms with Gasteiger partial charge in [0.2, 0.25) is 0 Å². The first-order valence-corrected chi connectivity index (χ1v) is 10.1. The van der Waals surface area contributed by atoms with E-state index in [1.807, 2.05) is 4.90 Å². The van der Waals surface area contributed by atoms with Crippen LogP contribution in [0.4, 0.5) is 0 Å². The molecule has 6 nitrogen and oxygen atoms in total. The number of fused-ring (bicyclic) bond motifs is 1. The van der Waals surface area contributed by atoms with Crippen molar-refractivity contribution in [3.8, 4) is 0 Å². The summed E-state index contributed by atoms with van der Waals surface area (Å²) in [6, 6.07) is 0. The number of rotatable bonds is 6. The van der Waals surface area contributed by atoms with E-state index in [1.54, 1.807) is 0 Å². The van der Waals surface area contributed by atoms with Crippen LogP contribution in [0.25, 0.3) is 0 Å². The molecule has 2 fully saturated rings. The van der Waals surface area contributed by atoms with Gasteiger partial charge in [0.05, 0.1) is 0 Å². The topological polar surface area (TPSA) is 53.4 Å². The molecule has 2 aliphatic heterocycles. The third-order valence-corrected chi connectivity index (χ3v) is 5.82. The van der Waals surface area contributed by atoms with E-state index < -0.39 is 0 Å². The lowest BCUT2D eigenvalue weighted by Gasteiger charge is -2.34. The number of halogens is 1. The van der Waals surface area contributed by atoms with E-state index in [4.69, 9.17) is 5.10 Å². The second-order valence-electron chi connectivity index (χ2n) is 7.81. The van der Waals surface area contributed by atoms with Gasteiger partial charge in [-0.2, -0.15) is 5.10 Å². The fourth-order valence-electron chi connectivity index (χ4n) is 3.99. The average molecular weight is 382 g/mol. The predicted octanol–water partition coefficient (Wildman–Crippen LogP) is 1.92. The number of hydrogen-bond acceptors (Lipinski definition) is 4. The minimum atomic E-state index is 0. The number of aromatic nitrogens is 2. The molecule has 0 unspecified atom stereocenters. The second kappa shape index (κ2) is 8.72. The summed E-state index contributed by atoms with van der Waals surface area (Å²) < 4.78 is 2.15. The van der Waals surface area contributed by atoms with Crippen molar-refractivity contribution in [3.05, 3.63) is 17.0 Å². The Morgan fingerprint density at radius 3 is 2.69 bits per heavy atom.